The molecule has 4 rings (SSSR count). The fraction of sp³-hybridized carbons (Fsp3) is 0.231. The zero-order chi connectivity index (χ0) is 11.4. The van der Waals surface area contributed by atoms with Gasteiger partial charge in [0.1, 0.15) is 5.69 Å². The van der Waals surface area contributed by atoms with E-state index in [0.29, 0.717) is 12.1 Å². The average molecular weight is 225 g/mol. The molecule has 0 bridgehead atoms. The first-order valence-corrected chi connectivity index (χ1v) is 5.84. The summed E-state index contributed by atoms with van der Waals surface area (Å²) in [6.07, 6.45) is 4.49. The van der Waals surface area contributed by atoms with Crippen LogP contribution in [0.2, 0.25) is 0 Å². The Kier molecular flexibility index (Phi) is 1.57. The van der Waals surface area contributed by atoms with E-state index in [0.717, 1.165) is 40.2 Å². The molecular weight excluding hydrogens is 214 g/mol. The van der Waals surface area contributed by atoms with E-state index in [1.54, 1.807) is 0 Å². The molecule has 3 aromatic rings. The highest BCUT2D eigenvalue weighted by atomic mass is 16.1. The first kappa shape index (κ1) is 8.98. The van der Waals surface area contributed by atoms with Crippen molar-refractivity contribution in [1.29, 1.82) is 0 Å². The number of aromatic nitrogens is 3. The van der Waals surface area contributed by atoms with Crippen molar-refractivity contribution in [3.05, 3.63) is 29.6 Å². The lowest BCUT2D eigenvalue weighted by Crippen LogP contribution is -2.09. The summed E-state index contributed by atoms with van der Waals surface area (Å²) in [6, 6.07) is 4.12. The van der Waals surface area contributed by atoms with Crippen molar-refractivity contribution in [2.75, 3.05) is 0 Å². The fourth-order valence-corrected chi connectivity index (χ4v) is 2.70. The van der Waals surface area contributed by atoms with Crippen molar-refractivity contribution in [3.63, 3.8) is 0 Å². The van der Waals surface area contributed by atoms with Crippen LogP contribution < -0.4 is 0 Å². The molecule has 0 aliphatic heterocycles. The lowest BCUT2D eigenvalue weighted by molar-refractivity contribution is 0.0968. The smallest absolute Gasteiger partial charge is 0.181 e. The Balaban J connectivity index is 2.14. The van der Waals surface area contributed by atoms with Crippen LogP contribution in [0.25, 0.3) is 21.8 Å². The topological polar surface area (TPSA) is 61.5 Å². The molecule has 0 spiro atoms. The van der Waals surface area contributed by atoms with E-state index in [2.05, 4.69) is 21.2 Å². The monoisotopic (exact) mass is 225 g/mol. The van der Waals surface area contributed by atoms with Crippen molar-refractivity contribution in [3.8, 4) is 0 Å². The summed E-state index contributed by atoms with van der Waals surface area (Å²) < 4.78 is 0. The van der Waals surface area contributed by atoms with Crippen LogP contribution in [-0.2, 0) is 6.42 Å². The number of hydrogen-bond acceptors (Lipinski definition) is 2. The Morgan fingerprint density at radius 2 is 2.18 bits per heavy atom. The summed E-state index contributed by atoms with van der Waals surface area (Å²) in [6.45, 7) is 0. The number of carbonyl (C=O) groups excluding carboxylic acids is 1. The summed E-state index contributed by atoms with van der Waals surface area (Å²) in [7, 11) is 0. The van der Waals surface area contributed by atoms with E-state index in [-0.39, 0.29) is 5.78 Å². The van der Waals surface area contributed by atoms with Crippen molar-refractivity contribution in [1.82, 2.24) is 15.2 Å². The number of ketones is 1. The summed E-state index contributed by atoms with van der Waals surface area (Å²) in [5.74, 6) is 0.192. The molecule has 2 N–H and O–H groups in total. The molecule has 2 heterocycles. The van der Waals surface area contributed by atoms with Gasteiger partial charge in [-0.15, -0.1) is 0 Å². The van der Waals surface area contributed by atoms with Crippen LogP contribution in [0.4, 0.5) is 0 Å². The van der Waals surface area contributed by atoms with Gasteiger partial charge in [0.2, 0.25) is 0 Å². The number of fused-ring (bicyclic) bond motifs is 4. The molecule has 0 atom stereocenters. The predicted molar refractivity (Wildman–Crippen MR) is 65.2 cm³/mol. The lowest BCUT2D eigenvalue weighted by Gasteiger charge is -2.08. The first-order chi connectivity index (χ1) is 8.33. The van der Waals surface area contributed by atoms with Gasteiger partial charge in [0.05, 0.1) is 11.0 Å². The summed E-state index contributed by atoms with van der Waals surface area (Å²) in [5.41, 5.74) is 3.79. The molecule has 1 aromatic carbocycles. The van der Waals surface area contributed by atoms with Crippen LogP contribution >= 0.6 is 0 Å². The summed E-state index contributed by atoms with van der Waals surface area (Å²) in [4.78, 5) is 16.3. The second-order valence-electron chi connectivity index (χ2n) is 4.59. The van der Waals surface area contributed by atoms with E-state index in [1.165, 1.54) is 0 Å². The van der Waals surface area contributed by atoms with E-state index in [1.807, 2.05) is 12.3 Å². The molecule has 0 saturated heterocycles. The van der Waals surface area contributed by atoms with Gasteiger partial charge in [0, 0.05) is 23.4 Å². The molecule has 0 saturated carbocycles. The van der Waals surface area contributed by atoms with Crippen LogP contribution in [0.5, 0.6) is 0 Å². The Bertz CT molecular complexity index is 751. The number of H-pyrrole nitrogens is 2. The average Bonchev–Trinajstić information content (AvgIpc) is 2.90. The number of aryl methyl sites for hydroxylation is 1. The standard InChI is InChI=1S/C13H11N3O/c17-12-3-1-2-8-9-4-7-6-14-16-10(7)5-11(9)15-13(8)12/h4-6,14,16H,1-3H2. The third-order valence-electron chi connectivity index (χ3n) is 3.54. The third-order valence-corrected chi connectivity index (χ3v) is 3.54. The van der Waals surface area contributed by atoms with Gasteiger partial charge < -0.3 is 10.2 Å². The number of aromatic amines is 2. The van der Waals surface area contributed by atoms with Gasteiger partial charge in [0.15, 0.2) is 5.78 Å². The Labute approximate surface area is 97.0 Å². The molecule has 0 unspecified atom stereocenters. The molecule has 2 aromatic heterocycles. The van der Waals surface area contributed by atoms with E-state index >= 15 is 0 Å². The number of carbonyl (C=O) groups is 1. The molecular formula is C13H11N3O. The number of Topliss-reactive ketones (excluding diaryl/α,β-unsaturated/α-hetero) is 1. The molecule has 0 radical (unpaired) electrons. The summed E-state index contributed by atoms with van der Waals surface area (Å²) >= 11 is 0. The van der Waals surface area contributed by atoms with Crippen molar-refractivity contribution in [2.45, 2.75) is 19.3 Å². The van der Waals surface area contributed by atoms with Gasteiger partial charge in [-0.05, 0) is 30.5 Å². The van der Waals surface area contributed by atoms with Crippen LogP contribution in [0.15, 0.2) is 18.3 Å². The van der Waals surface area contributed by atoms with Gasteiger partial charge in [-0.25, -0.2) is 4.98 Å². The van der Waals surface area contributed by atoms with Gasteiger partial charge in [-0.3, -0.25) is 4.79 Å². The van der Waals surface area contributed by atoms with Crippen molar-refractivity contribution in [2.24, 2.45) is 0 Å². The van der Waals surface area contributed by atoms with Crippen molar-refractivity contribution < 1.29 is 4.79 Å². The molecule has 0 amide bonds. The van der Waals surface area contributed by atoms with E-state index in [4.69, 9.17) is 0 Å². The minimum atomic E-state index is 0.192. The molecule has 4 heteroatoms. The molecule has 4 nitrogen and oxygen atoms in total. The van der Waals surface area contributed by atoms with Gasteiger partial charge >= 0.3 is 0 Å². The Morgan fingerprint density at radius 3 is 3.12 bits per heavy atom. The van der Waals surface area contributed by atoms with Crippen LogP contribution in [-0.4, -0.2) is 21.0 Å². The van der Waals surface area contributed by atoms with Crippen LogP contribution in [0.3, 0.4) is 0 Å². The molecule has 84 valence electrons. The minimum Gasteiger partial charge on any atom is -0.307 e. The number of nitrogens with one attached hydrogen (secondary N) is 2. The fourth-order valence-electron chi connectivity index (χ4n) is 2.70. The third kappa shape index (κ3) is 1.12. The normalized spacial score (nSPS) is 15.6. The highest BCUT2D eigenvalue weighted by Gasteiger charge is 2.23. The van der Waals surface area contributed by atoms with Crippen LogP contribution in [0.1, 0.15) is 28.9 Å². The maximum Gasteiger partial charge on any atom is 0.181 e. The van der Waals surface area contributed by atoms with Gasteiger partial charge in [-0.1, -0.05) is 0 Å². The minimum absolute atomic E-state index is 0.192. The lowest BCUT2D eigenvalue weighted by atomic mass is 9.94. The highest BCUT2D eigenvalue weighted by Crippen LogP contribution is 2.31. The van der Waals surface area contributed by atoms with Crippen molar-refractivity contribution >= 4 is 27.6 Å². The summed E-state index contributed by atoms with van der Waals surface area (Å²) in [5, 5.41) is 8.29. The maximum absolute atomic E-state index is 11.8. The van der Waals surface area contributed by atoms with Crippen LogP contribution in [0, 0.1) is 0 Å². The van der Waals surface area contributed by atoms with Gasteiger partial charge in [0.25, 0.3) is 0 Å². The maximum atomic E-state index is 11.8. The van der Waals surface area contributed by atoms with Gasteiger partial charge in [-0.2, -0.15) is 0 Å². The second-order valence-corrected chi connectivity index (χ2v) is 4.59. The number of nitrogens with zero attached hydrogens (tertiary/aromatic N) is 1. The molecule has 1 aliphatic rings. The molecule has 17 heavy (non-hydrogen) atoms. The largest absolute Gasteiger partial charge is 0.307 e. The predicted octanol–water partition coefficient (Wildman–Crippen LogP) is 2.56. The number of rotatable bonds is 0. The van der Waals surface area contributed by atoms with E-state index < -0.39 is 0 Å². The zero-order valence-corrected chi connectivity index (χ0v) is 9.21. The molecule has 0 fully saturated rings. The molecule has 1 aliphatic carbocycles. The Morgan fingerprint density at radius 1 is 1.24 bits per heavy atom. The zero-order valence-electron chi connectivity index (χ0n) is 9.21. The Hall–Kier alpha value is -2.10. The highest BCUT2D eigenvalue weighted by molar-refractivity contribution is 6.06. The SMILES string of the molecule is O=C1CCCc2c1nc1cc3[nH][nH]cc3cc21. The second kappa shape index (κ2) is 2.97. The van der Waals surface area contributed by atoms with E-state index in [9.17, 15) is 4.79 Å². The first-order valence-electron chi connectivity index (χ1n) is 5.84. The quantitative estimate of drug-likeness (QED) is 0.617. The number of benzene rings is 1. The number of hydrogen-bond donors (Lipinski definition) is 2.